The predicted octanol–water partition coefficient (Wildman–Crippen LogP) is 0.283. The summed E-state index contributed by atoms with van der Waals surface area (Å²) in [5.74, 6) is -0.0878. The van der Waals surface area contributed by atoms with Gasteiger partial charge in [-0.1, -0.05) is 13.3 Å². The summed E-state index contributed by atoms with van der Waals surface area (Å²) in [7, 11) is 0. The van der Waals surface area contributed by atoms with Gasteiger partial charge < -0.3 is 10.4 Å². The van der Waals surface area contributed by atoms with Gasteiger partial charge in [0.2, 0.25) is 5.91 Å². The molecule has 3 nitrogen and oxygen atoms in total. The third kappa shape index (κ3) is 5.56. The van der Waals surface area contributed by atoms with Crippen LogP contribution in [0.25, 0.3) is 0 Å². The molecule has 0 aliphatic heterocycles. The molecular formula is C7H15NO2. The smallest absolute Gasteiger partial charge is 0.216 e. The summed E-state index contributed by atoms with van der Waals surface area (Å²) in [6, 6.07) is 0. The van der Waals surface area contributed by atoms with E-state index in [2.05, 4.69) is 5.32 Å². The maximum atomic E-state index is 10.3. The minimum atomic E-state index is -0.381. The molecule has 10 heavy (non-hydrogen) atoms. The van der Waals surface area contributed by atoms with Gasteiger partial charge in [-0.05, 0) is 6.42 Å². The first-order valence-corrected chi connectivity index (χ1v) is 3.59. The minimum absolute atomic E-state index is 0.0878. The molecule has 0 rings (SSSR count). The highest BCUT2D eigenvalue weighted by molar-refractivity contribution is 5.72. The zero-order chi connectivity index (χ0) is 7.98. The third-order valence-corrected chi connectivity index (χ3v) is 1.21. The second-order valence-electron chi connectivity index (χ2n) is 2.38. The summed E-state index contributed by atoms with van der Waals surface area (Å²) in [5.41, 5.74) is 0. The lowest BCUT2D eigenvalue weighted by molar-refractivity contribution is -0.119. The van der Waals surface area contributed by atoms with Crippen LogP contribution in [0.3, 0.4) is 0 Å². The summed E-state index contributed by atoms with van der Waals surface area (Å²) in [6.45, 7) is 3.82. The lowest BCUT2D eigenvalue weighted by Gasteiger charge is -2.08. The van der Waals surface area contributed by atoms with Crippen LogP contribution in [0.5, 0.6) is 0 Å². The van der Waals surface area contributed by atoms with Crippen molar-refractivity contribution in [3.8, 4) is 0 Å². The molecule has 0 heterocycles. The van der Waals surface area contributed by atoms with Gasteiger partial charge in [-0.15, -0.1) is 0 Å². The maximum Gasteiger partial charge on any atom is 0.216 e. The van der Waals surface area contributed by atoms with Crippen LogP contribution in [0.4, 0.5) is 0 Å². The minimum Gasteiger partial charge on any atom is -0.391 e. The average Bonchev–Trinajstić information content (AvgIpc) is 1.85. The topological polar surface area (TPSA) is 49.3 Å². The van der Waals surface area contributed by atoms with Crippen LogP contribution in [-0.4, -0.2) is 23.7 Å². The quantitative estimate of drug-likeness (QED) is 0.597. The summed E-state index contributed by atoms with van der Waals surface area (Å²) in [5, 5.41) is 11.6. The zero-order valence-corrected chi connectivity index (χ0v) is 6.55. The molecule has 60 valence electrons. The van der Waals surface area contributed by atoms with Gasteiger partial charge in [0.1, 0.15) is 0 Å². The highest BCUT2D eigenvalue weighted by atomic mass is 16.3. The molecule has 0 aromatic carbocycles. The number of hydrogen-bond acceptors (Lipinski definition) is 2. The molecule has 2 N–H and O–H groups in total. The average molecular weight is 145 g/mol. The van der Waals surface area contributed by atoms with E-state index in [4.69, 9.17) is 5.11 Å². The lowest BCUT2D eigenvalue weighted by atomic mass is 10.2. The number of hydrogen-bond donors (Lipinski definition) is 2. The van der Waals surface area contributed by atoms with Gasteiger partial charge in [0.15, 0.2) is 0 Å². The monoisotopic (exact) mass is 145 g/mol. The van der Waals surface area contributed by atoms with Gasteiger partial charge in [0.05, 0.1) is 6.10 Å². The van der Waals surface area contributed by atoms with Crippen LogP contribution in [0.2, 0.25) is 0 Å². The Balaban J connectivity index is 3.21. The Morgan fingerprint density at radius 3 is 2.70 bits per heavy atom. The molecule has 3 heteroatoms. The number of nitrogens with one attached hydrogen (secondary N) is 1. The van der Waals surface area contributed by atoms with E-state index < -0.39 is 0 Å². The highest BCUT2D eigenvalue weighted by Gasteiger charge is 2.01. The number of amides is 1. The molecule has 0 saturated heterocycles. The first-order chi connectivity index (χ1) is 4.66. The van der Waals surface area contributed by atoms with Crippen molar-refractivity contribution in [3.05, 3.63) is 0 Å². The van der Waals surface area contributed by atoms with E-state index in [1.165, 1.54) is 6.92 Å². The van der Waals surface area contributed by atoms with E-state index in [9.17, 15) is 4.79 Å². The summed E-state index contributed by atoms with van der Waals surface area (Å²) in [4.78, 5) is 10.3. The van der Waals surface area contributed by atoms with Crippen LogP contribution in [-0.2, 0) is 4.79 Å². The fourth-order valence-electron chi connectivity index (χ4n) is 0.697. The fourth-order valence-corrected chi connectivity index (χ4v) is 0.697. The number of rotatable bonds is 4. The van der Waals surface area contributed by atoms with Crippen molar-refractivity contribution < 1.29 is 9.90 Å². The molecule has 0 aliphatic rings. The molecule has 1 amide bonds. The van der Waals surface area contributed by atoms with E-state index in [0.29, 0.717) is 6.54 Å². The summed E-state index contributed by atoms with van der Waals surface area (Å²) in [6.07, 6.45) is 1.31. The van der Waals surface area contributed by atoms with Crippen LogP contribution >= 0.6 is 0 Å². The largest absolute Gasteiger partial charge is 0.391 e. The van der Waals surface area contributed by atoms with Crippen LogP contribution in [0.1, 0.15) is 26.7 Å². The predicted molar refractivity (Wildman–Crippen MR) is 39.6 cm³/mol. The van der Waals surface area contributed by atoms with Crippen molar-refractivity contribution in [1.29, 1.82) is 0 Å². The molecular weight excluding hydrogens is 130 g/mol. The van der Waals surface area contributed by atoms with Crippen LogP contribution in [0.15, 0.2) is 0 Å². The van der Waals surface area contributed by atoms with Crippen molar-refractivity contribution in [2.45, 2.75) is 32.8 Å². The molecule has 0 spiro atoms. The Labute approximate surface area is 61.4 Å². The first-order valence-electron chi connectivity index (χ1n) is 3.59. The molecule has 0 aromatic rings. The Bertz CT molecular complexity index is 104. The molecule has 0 saturated carbocycles. The van der Waals surface area contributed by atoms with Crippen molar-refractivity contribution in [2.75, 3.05) is 6.54 Å². The number of aliphatic hydroxyl groups excluding tert-OH is 1. The first kappa shape index (κ1) is 9.43. The van der Waals surface area contributed by atoms with E-state index in [1.807, 2.05) is 6.92 Å². The van der Waals surface area contributed by atoms with E-state index in [0.717, 1.165) is 12.8 Å². The lowest BCUT2D eigenvalue weighted by Crippen LogP contribution is -2.29. The normalized spacial score (nSPS) is 12.7. The van der Waals surface area contributed by atoms with Gasteiger partial charge >= 0.3 is 0 Å². The van der Waals surface area contributed by atoms with Crippen molar-refractivity contribution >= 4 is 5.91 Å². The number of carbonyl (C=O) groups excluding carboxylic acids is 1. The molecule has 0 aromatic heterocycles. The summed E-state index contributed by atoms with van der Waals surface area (Å²) >= 11 is 0. The van der Waals surface area contributed by atoms with E-state index >= 15 is 0 Å². The van der Waals surface area contributed by atoms with Crippen molar-refractivity contribution in [3.63, 3.8) is 0 Å². The maximum absolute atomic E-state index is 10.3. The van der Waals surface area contributed by atoms with Crippen LogP contribution in [0, 0.1) is 0 Å². The molecule has 1 unspecified atom stereocenters. The van der Waals surface area contributed by atoms with Gasteiger partial charge in [-0.2, -0.15) is 0 Å². The van der Waals surface area contributed by atoms with Crippen molar-refractivity contribution in [2.24, 2.45) is 0 Å². The number of aliphatic hydroxyl groups is 1. The van der Waals surface area contributed by atoms with Gasteiger partial charge in [0.25, 0.3) is 0 Å². The SMILES string of the molecule is CCCC(O)CNC(C)=O. The van der Waals surface area contributed by atoms with Gasteiger partial charge in [-0.25, -0.2) is 0 Å². The van der Waals surface area contributed by atoms with Crippen LogP contribution < -0.4 is 5.32 Å². The number of carbonyl (C=O) groups is 1. The molecule has 0 fully saturated rings. The van der Waals surface area contributed by atoms with E-state index in [-0.39, 0.29) is 12.0 Å². The zero-order valence-electron chi connectivity index (χ0n) is 6.55. The second-order valence-corrected chi connectivity index (χ2v) is 2.38. The third-order valence-electron chi connectivity index (χ3n) is 1.21. The molecule has 0 radical (unpaired) electrons. The second kappa shape index (κ2) is 5.23. The van der Waals surface area contributed by atoms with Gasteiger partial charge in [0, 0.05) is 13.5 Å². The molecule has 1 atom stereocenters. The van der Waals surface area contributed by atoms with Gasteiger partial charge in [-0.3, -0.25) is 4.79 Å². The Kier molecular flexibility index (Phi) is 4.94. The Hall–Kier alpha value is -0.570. The highest BCUT2D eigenvalue weighted by Crippen LogP contribution is 1.93. The molecule has 0 bridgehead atoms. The van der Waals surface area contributed by atoms with E-state index in [1.54, 1.807) is 0 Å². The Morgan fingerprint density at radius 2 is 2.30 bits per heavy atom. The Morgan fingerprint density at radius 1 is 1.70 bits per heavy atom. The standard InChI is InChI=1S/C7H15NO2/c1-3-4-7(10)5-8-6(2)9/h7,10H,3-5H2,1-2H3,(H,8,9). The van der Waals surface area contributed by atoms with Crippen molar-refractivity contribution in [1.82, 2.24) is 5.32 Å². The molecule has 0 aliphatic carbocycles. The fraction of sp³-hybridized carbons (Fsp3) is 0.857. The summed E-state index contributed by atoms with van der Waals surface area (Å²) < 4.78 is 0.